The van der Waals surface area contributed by atoms with Gasteiger partial charge in [-0.1, -0.05) is 12.1 Å². The zero-order valence-corrected chi connectivity index (χ0v) is 9.27. The Morgan fingerprint density at radius 1 is 1.29 bits per heavy atom. The maximum Gasteiger partial charge on any atom is 0.274 e. The highest BCUT2D eigenvalue weighted by Gasteiger charge is 2.09. The predicted molar refractivity (Wildman–Crippen MR) is 63.3 cm³/mol. The van der Waals surface area contributed by atoms with E-state index in [0.29, 0.717) is 0 Å². The third-order valence-corrected chi connectivity index (χ3v) is 2.27. The molecule has 0 aliphatic heterocycles. The van der Waals surface area contributed by atoms with Gasteiger partial charge in [-0.3, -0.25) is 9.78 Å². The van der Waals surface area contributed by atoms with Gasteiger partial charge in [0, 0.05) is 6.20 Å². The number of carbonyl (C=O) groups excluding carboxylic acids is 1. The number of nitrogens with one attached hydrogen (secondary N) is 1. The number of nitrogens with zero attached hydrogens (tertiary/aromatic N) is 1. The van der Waals surface area contributed by atoms with E-state index in [1.54, 1.807) is 30.3 Å². The van der Waals surface area contributed by atoms with E-state index in [9.17, 15) is 9.18 Å². The van der Waals surface area contributed by atoms with Gasteiger partial charge in [0.15, 0.2) is 0 Å². The fourth-order valence-electron chi connectivity index (χ4n) is 1.42. The van der Waals surface area contributed by atoms with Crippen LogP contribution in [0.3, 0.4) is 0 Å². The average Bonchev–Trinajstić information content (AvgIpc) is 2.35. The maximum atomic E-state index is 13.4. The van der Waals surface area contributed by atoms with Gasteiger partial charge in [-0.15, -0.1) is 0 Å². The Morgan fingerprint density at radius 3 is 2.82 bits per heavy atom. The molecule has 1 heterocycles. The largest absolute Gasteiger partial charge is 0.318 e. The van der Waals surface area contributed by atoms with Gasteiger partial charge in [0.25, 0.3) is 5.91 Å². The van der Waals surface area contributed by atoms with E-state index in [1.165, 1.54) is 12.3 Å². The second-order valence-corrected chi connectivity index (χ2v) is 3.65. The van der Waals surface area contributed by atoms with Gasteiger partial charge in [0.05, 0.1) is 5.69 Å². The zero-order valence-electron chi connectivity index (χ0n) is 9.27. The molecule has 0 unspecified atom stereocenters. The number of carbonyl (C=O) groups is 1. The smallest absolute Gasteiger partial charge is 0.274 e. The summed E-state index contributed by atoms with van der Waals surface area (Å²) in [4.78, 5) is 15.6. The minimum absolute atomic E-state index is 0.167. The number of hydrogen-bond donors (Lipinski definition) is 1. The molecule has 0 aliphatic carbocycles. The molecular formula is C13H11FN2O. The van der Waals surface area contributed by atoms with Gasteiger partial charge in [0.1, 0.15) is 11.5 Å². The van der Waals surface area contributed by atoms with Crippen molar-refractivity contribution in [3.05, 3.63) is 59.7 Å². The van der Waals surface area contributed by atoms with E-state index < -0.39 is 11.7 Å². The Labute approximate surface area is 98.3 Å². The standard InChI is InChI=1S/C13H11FN2O/c1-9-5-6-10(14)12(8-9)16-13(17)11-4-2-3-7-15-11/h2-8H,1H3,(H,16,17). The molecule has 4 heteroatoms. The van der Waals surface area contributed by atoms with Gasteiger partial charge >= 0.3 is 0 Å². The molecule has 0 radical (unpaired) electrons. The molecule has 0 aliphatic rings. The lowest BCUT2D eigenvalue weighted by molar-refractivity contribution is 0.102. The van der Waals surface area contributed by atoms with Crippen LogP contribution >= 0.6 is 0 Å². The fourth-order valence-corrected chi connectivity index (χ4v) is 1.42. The van der Waals surface area contributed by atoms with Gasteiger partial charge in [0.2, 0.25) is 0 Å². The van der Waals surface area contributed by atoms with E-state index in [0.717, 1.165) is 5.56 Å². The number of aryl methyl sites for hydroxylation is 1. The van der Waals surface area contributed by atoms with Crippen LogP contribution < -0.4 is 5.32 Å². The van der Waals surface area contributed by atoms with Crippen molar-refractivity contribution in [3.8, 4) is 0 Å². The summed E-state index contributed by atoms with van der Waals surface area (Å²) in [7, 11) is 0. The van der Waals surface area contributed by atoms with Crippen LogP contribution in [0.25, 0.3) is 0 Å². The first-order valence-electron chi connectivity index (χ1n) is 5.15. The second kappa shape index (κ2) is 4.74. The molecule has 0 bridgehead atoms. The molecule has 0 saturated carbocycles. The van der Waals surface area contributed by atoms with Gasteiger partial charge in [-0.05, 0) is 36.8 Å². The van der Waals surface area contributed by atoms with Gasteiger partial charge in [-0.25, -0.2) is 4.39 Å². The number of pyridine rings is 1. The molecule has 86 valence electrons. The fraction of sp³-hybridized carbons (Fsp3) is 0.0769. The third kappa shape index (κ3) is 2.66. The SMILES string of the molecule is Cc1ccc(F)c(NC(=O)c2ccccn2)c1. The molecule has 2 aromatic rings. The van der Waals surface area contributed by atoms with E-state index in [1.807, 2.05) is 6.92 Å². The number of rotatable bonds is 2. The molecule has 3 nitrogen and oxygen atoms in total. The summed E-state index contributed by atoms with van der Waals surface area (Å²) in [5, 5.41) is 2.49. The topological polar surface area (TPSA) is 42.0 Å². The maximum absolute atomic E-state index is 13.4. The lowest BCUT2D eigenvalue weighted by Gasteiger charge is -2.06. The zero-order chi connectivity index (χ0) is 12.3. The van der Waals surface area contributed by atoms with Crippen LogP contribution in [0.2, 0.25) is 0 Å². The Balaban J connectivity index is 2.22. The molecule has 2 rings (SSSR count). The summed E-state index contributed by atoms with van der Waals surface area (Å²) < 4.78 is 13.4. The molecule has 1 amide bonds. The Kier molecular flexibility index (Phi) is 3.14. The van der Waals surface area contributed by atoms with Crippen molar-refractivity contribution >= 4 is 11.6 Å². The van der Waals surface area contributed by atoms with Crippen LogP contribution in [0.1, 0.15) is 16.1 Å². The van der Waals surface area contributed by atoms with E-state index in [2.05, 4.69) is 10.3 Å². The Morgan fingerprint density at radius 2 is 2.12 bits per heavy atom. The van der Waals surface area contributed by atoms with Crippen molar-refractivity contribution < 1.29 is 9.18 Å². The molecule has 1 aromatic carbocycles. The average molecular weight is 230 g/mol. The first kappa shape index (κ1) is 11.3. The van der Waals surface area contributed by atoms with Crippen LogP contribution in [0.5, 0.6) is 0 Å². The lowest BCUT2D eigenvalue weighted by Crippen LogP contribution is -2.14. The molecule has 0 spiro atoms. The first-order valence-corrected chi connectivity index (χ1v) is 5.15. The lowest BCUT2D eigenvalue weighted by atomic mass is 10.2. The van der Waals surface area contributed by atoms with Crippen molar-refractivity contribution in [2.75, 3.05) is 5.32 Å². The highest BCUT2D eigenvalue weighted by atomic mass is 19.1. The molecular weight excluding hydrogens is 219 g/mol. The summed E-state index contributed by atoms with van der Waals surface area (Å²) in [5.74, 6) is -0.880. The van der Waals surface area contributed by atoms with Crippen molar-refractivity contribution in [2.45, 2.75) is 6.92 Å². The summed E-state index contributed by atoms with van der Waals surface area (Å²) in [6, 6.07) is 9.53. The van der Waals surface area contributed by atoms with Crippen LogP contribution in [0, 0.1) is 12.7 Å². The van der Waals surface area contributed by atoms with Crippen LogP contribution in [0.15, 0.2) is 42.6 Å². The molecule has 0 saturated heterocycles. The van der Waals surface area contributed by atoms with Crippen LogP contribution in [0.4, 0.5) is 10.1 Å². The number of anilines is 1. The summed E-state index contributed by atoms with van der Waals surface area (Å²) >= 11 is 0. The normalized spacial score (nSPS) is 10.0. The van der Waals surface area contributed by atoms with E-state index in [4.69, 9.17) is 0 Å². The number of aromatic nitrogens is 1. The Hall–Kier alpha value is -2.23. The number of halogens is 1. The molecule has 0 fully saturated rings. The highest BCUT2D eigenvalue weighted by molar-refractivity contribution is 6.02. The molecule has 0 atom stereocenters. The predicted octanol–water partition coefficient (Wildman–Crippen LogP) is 2.78. The van der Waals surface area contributed by atoms with Crippen LogP contribution in [-0.4, -0.2) is 10.9 Å². The van der Waals surface area contributed by atoms with Crippen molar-refractivity contribution in [2.24, 2.45) is 0 Å². The Bertz CT molecular complexity index is 540. The van der Waals surface area contributed by atoms with Crippen LogP contribution in [-0.2, 0) is 0 Å². The van der Waals surface area contributed by atoms with Crippen molar-refractivity contribution in [3.63, 3.8) is 0 Å². The summed E-state index contributed by atoms with van der Waals surface area (Å²) in [6.45, 7) is 1.83. The van der Waals surface area contributed by atoms with E-state index >= 15 is 0 Å². The minimum Gasteiger partial charge on any atom is -0.318 e. The van der Waals surface area contributed by atoms with Crippen molar-refractivity contribution in [1.29, 1.82) is 0 Å². The quantitative estimate of drug-likeness (QED) is 0.861. The molecule has 17 heavy (non-hydrogen) atoms. The number of hydrogen-bond acceptors (Lipinski definition) is 2. The van der Waals surface area contributed by atoms with Gasteiger partial charge < -0.3 is 5.32 Å². The van der Waals surface area contributed by atoms with E-state index in [-0.39, 0.29) is 11.4 Å². The van der Waals surface area contributed by atoms with Gasteiger partial charge in [-0.2, -0.15) is 0 Å². The molecule has 1 N–H and O–H groups in total. The highest BCUT2D eigenvalue weighted by Crippen LogP contribution is 2.16. The summed E-state index contributed by atoms with van der Waals surface area (Å²) in [5.41, 5.74) is 1.30. The number of amides is 1. The summed E-state index contributed by atoms with van der Waals surface area (Å²) in [6.07, 6.45) is 1.52. The molecule has 1 aromatic heterocycles. The third-order valence-electron chi connectivity index (χ3n) is 2.27. The second-order valence-electron chi connectivity index (χ2n) is 3.65. The monoisotopic (exact) mass is 230 g/mol. The van der Waals surface area contributed by atoms with Crippen molar-refractivity contribution in [1.82, 2.24) is 4.98 Å². The number of benzene rings is 1. The first-order chi connectivity index (χ1) is 8.16. The minimum atomic E-state index is -0.458.